The molecule has 1 amide bonds. The van der Waals surface area contributed by atoms with Crippen molar-refractivity contribution >= 4 is 6.09 Å². The van der Waals surface area contributed by atoms with Crippen LogP contribution >= 0.6 is 0 Å². The zero-order valence-electron chi connectivity index (χ0n) is 13.5. The quantitative estimate of drug-likeness (QED) is 0.857. The van der Waals surface area contributed by atoms with Gasteiger partial charge in [-0.3, -0.25) is 4.90 Å². The van der Waals surface area contributed by atoms with E-state index in [2.05, 4.69) is 29.2 Å². The summed E-state index contributed by atoms with van der Waals surface area (Å²) in [5, 5.41) is 0. The molecule has 0 bridgehead atoms. The van der Waals surface area contributed by atoms with Crippen molar-refractivity contribution in [2.45, 2.75) is 45.4 Å². The standard InChI is InChI=1S/C17H26N2O2/c1-17(2,3)21-16(20)18(4)15-10-11-19(13-15)12-14-8-6-5-7-9-14/h5-9,15H,10-13H2,1-4H3/t15-/m1/s1. The maximum absolute atomic E-state index is 12.1. The fourth-order valence-corrected chi connectivity index (χ4v) is 2.60. The van der Waals surface area contributed by atoms with Gasteiger partial charge in [0.05, 0.1) is 0 Å². The van der Waals surface area contributed by atoms with Crippen LogP contribution in [0.3, 0.4) is 0 Å². The van der Waals surface area contributed by atoms with Crippen LogP contribution in [0.4, 0.5) is 4.79 Å². The third-order valence-corrected chi connectivity index (χ3v) is 3.73. The van der Waals surface area contributed by atoms with Crippen molar-refractivity contribution in [2.75, 3.05) is 20.1 Å². The predicted molar refractivity (Wildman–Crippen MR) is 84.1 cm³/mol. The third-order valence-electron chi connectivity index (χ3n) is 3.73. The fraction of sp³-hybridized carbons (Fsp3) is 0.588. The third kappa shape index (κ3) is 4.74. The molecule has 4 heteroatoms. The monoisotopic (exact) mass is 290 g/mol. The minimum atomic E-state index is -0.437. The summed E-state index contributed by atoms with van der Waals surface area (Å²) in [5.41, 5.74) is 0.881. The number of carbonyl (C=O) groups excluding carboxylic acids is 1. The smallest absolute Gasteiger partial charge is 0.410 e. The van der Waals surface area contributed by atoms with Crippen LogP contribution in [0.5, 0.6) is 0 Å². The van der Waals surface area contributed by atoms with Crippen molar-refractivity contribution in [3.63, 3.8) is 0 Å². The van der Waals surface area contributed by atoms with E-state index in [1.807, 2.05) is 33.9 Å². The molecule has 0 N–H and O–H groups in total. The largest absolute Gasteiger partial charge is 0.444 e. The number of hydrogen-bond acceptors (Lipinski definition) is 3. The molecule has 1 aromatic carbocycles. The summed E-state index contributed by atoms with van der Waals surface area (Å²) in [6.07, 6.45) is 0.775. The summed E-state index contributed by atoms with van der Waals surface area (Å²) in [4.78, 5) is 16.2. The maximum atomic E-state index is 12.1. The first-order valence-electron chi connectivity index (χ1n) is 7.57. The van der Waals surface area contributed by atoms with Crippen molar-refractivity contribution in [2.24, 2.45) is 0 Å². The number of rotatable bonds is 3. The molecule has 0 aliphatic carbocycles. The van der Waals surface area contributed by atoms with Gasteiger partial charge in [0.25, 0.3) is 0 Å². The highest BCUT2D eigenvalue weighted by atomic mass is 16.6. The number of amides is 1. The number of carbonyl (C=O) groups is 1. The fourth-order valence-electron chi connectivity index (χ4n) is 2.60. The molecular weight excluding hydrogens is 264 g/mol. The first kappa shape index (κ1) is 15.8. The van der Waals surface area contributed by atoms with Crippen molar-refractivity contribution < 1.29 is 9.53 Å². The summed E-state index contributed by atoms with van der Waals surface area (Å²) in [6.45, 7) is 8.57. The summed E-state index contributed by atoms with van der Waals surface area (Å²) < 4.78 is 5.43. The van der Waals surface area contributed by atoms with Crippen LogP contribution in [0, 0.1) is 0 Å². The van der Waals surface area contributed by atoms with Gasteiger partial charge in [-0.2, -0.15) is 0 Å². The van der Waals surface area contributed by atoms with E-state index in [0.29, 0.717) is 0 Å². The second kappa shape index (κ2) is 6.48. The van der Waals surface area contributed by atoms with Gasteiger partial charge in [0.2, 0.25) is 0 Å². The molecule has 0 spiro atoms. The average molecular weight is 290 g/mol. The molecular formula is C17H26N2O2. The van der Waals surface area contributed by atoms with Crippen molar-refractivity contribution in [1.82, 2.24) is 9.80 Å². The highest BCUT2D eigenvalue weighted by Crippen LogP contribution is 2.19. The molecule has 0 unspecified atom stereocenters. The number of benzene rings is 1. The van der Waals surface area contributed by atoms with E-state index in [-0.39, 0.29) is 12.1 Å². The zero-order chi connectivity index (χ0) is 15.5. The second-order valence-electron chi connectivity index (χ2n) is 6.75. The Balaban J connectivity index is 1.85. The zero-order valence-corrected chi connectivity index (χ0v) is 13.5. The van der Waals surface area contributed by atoms with Crippen molar-refractivity contribution in [1.29, 1.82) is 0 Å². The Morgan fingerprint density at radius 2 is 2.00 bits per heavy atom. The number of likely N-dealkylation sites (tertiary alicyclic amines) is 1. The van der Waals surface area contributed by atoms with Crippen LogP contribution in [-0.4, -0.2) is 47.7 Å². The minimum absolute atomic E-state index is 0.228. The summed E-state index contributed by atoms with van der Waals surface area (Å²) >= 11 is 0. The van der Waals surface area contributed by atoms with Crippen molar-refractivity contribution in [3.05, 3.63) is 35.9 Å². The van der Waals surface area contributed by atoms with Gasteiger partial charge in [-0.05, 0) is 32.8 Å². The second-order valence-corrected chi connectivity index (χ2v) is 6.75. The summed E-state index contributed by atoms with van der Waals surface area (Å²) in [5.74, 6) is 0. The lowest BCUT2D eigenvalue weighted by molar-refractivity contribution is 0.0228. The topological polar surface area (TPSA) is 32.8 Å². The average Bonchev–Trinajstić information content (AvgIpc) is 2.85. The molecule has 4 nitrogen and oxygen atoms in total. The molecule has 2 rings (SSSR count). The highest BCUT2D eigenvalue weighted by molar-refractivity contribution is 5.68. The lowest BCUT2D eigenvalue weighted by atomic mass is 10.2. The number of likely N-dealkylation sites (N-methyl/N-ethyl adjacent to an activating group) is 1. The van der Waals surface area contributed by atoms with Crippen LogP contribution in [0.25, 0.3) is 0 Å². The van der Waals surface area contributed by atoms with Gasteiger partial charge < -0.3 is 9.64 Å². The Labute approximate surface area is 127 Å². The SMILES string of the molecule is CN(C(=O)OC(C)(C)C)[C@@H]1CCN(Cc2ccccc2)C1. The van der Waals surface area contributed by atoms with E-state index in [1.165, 1.54) is 5.56 Å². The van der Waals surface area contributed by atoms with Crippen LogP contribution in [0.15, 0.2) is 30.3 Å². The van der Waals surface area contributed by atoms with Crippen LogP contribution in [0.1, 0.15) is 32.8 Å². The Morgan fingerprint density at radius 1 is 1.33 bits per heavy atom. The molecule has 1 aliphatic rings. The van der Waals surface area contributed by atoms with E-state index in [9.17, 15) is 4.79 Å². The van der Waals surface area contributed by atoms with Gasteiger partial charge in [0.15, 0.2) is 0 Å². The highest BCUT2D eigenvalue weighted by Gasteiger charge is 2.30. The Kier molecular flexibility index (Phi) is 4.88. The van der Waals surface area contributed by atoms with Crippen molar-refractivity contribution in [3.8, 4) is 0 Å². The molecule has 1 aliphatic heterocycles. The first-order chi connectivity index (χ1) is 9.85. The Morgan fingerprint density at radius 3 is 2.62 bits per heavy atom. The van der Waals surface area contributed by atoms with Gasteiger partial charge in [-0.1, -0.05) is 30.3 Å². The van der Waals surface area contributed by atoms with Gasteiger partial charge in [-0.25, -0.2) is 4.79 Å². The Hall–Kier alpha value is -1.55. The predicted octanol–water partition coefficient (Wildman–Crippen LogP) is 3.13. The number of hydrogen-bond donors (Lipinski definition) is 0. The molecule has 1 saturated heterocycles. The normalized spacial score (nSPS) is 19.5. The van der Waals surface area contributed by atoms with Gasteiger partial charge in [-0.15, -0.1) is 0 Å². The van der Waals surface area contributed by atoms with Gasteiger partial charge in [0.1, 0.15) is 5.60 Å². The van der Waals surface area contributed by atoms with Crippen LogP contribution in [0.2, 0.25) is 0 Å². The molecule has 21 heavy (non-hydrogen) atoms. The van der Waals surface area contributed by atoms with Crippen LogP contribution < -0.4 is 0 Å². The lowest BCUT2D eigenvalue weighted by Gasteiger charge is -2.28. The number of nitrogens with zero attached hydrogens (tertiary/aromatic N) is 2. The summed E-state index contributed by atoms with van der Waals surface area (Å²) in [7, 11) is 1.84. The molecule has 1 aromatic rings. The number of ether oxygens (including phenoxy) is 1. The molecule has 1 heterocycles. The van der Waals surface area contributed by atoms with E-state index in [1.54, 1.807) is 4.90 Å². The van der Waals surface area contributed by atoms with E-state index in [4.69, 9.17) is 4.74 Å². The van der Waals surface area contributed by atoms with E-state index < -0.39 is 5.60 Å². The first-order valence-corrected chi connectivity index (χ1v) is 7.57. The van der Waals surface area contributed by atoms with Crippen LogP contribution in [-0.2, 0) is 11.3 Å². The van der Waals surface area contributed by atoms with E-state index in [0.717, 1.165) is 26.1 Å². The molecule has 0 radical (unpaired) electrons. The van der Waals surface area contributed by atoms with Gasteiger partial charge in [0, 0.05) is 32.7 Å². The molecule has 1 fully saturated rings. The van der Waals surface area contributed by atoms with E-state index >= 15 is 0 Å². The Bertz CT molecular complexity index is 467. The summed E-state index contributed by atoms with van der Waals surface area (Å²) in [6, 6.07) is 10.7. The molecule has 116 valence electrons. The molecule has 1 atom stereocenters. The molecule has 0 aromatic heterocycles. The maximum Gasteiger partial charge on any atom is 0.410 e. The van der Waals surface area contributed by atoms with Gasteiger partial charge >= 0.3 is 6.09 Å². The molecule has 0 saturated carbocycles. The minimum Gasteiger partial charge on any atom is -0.444 e. The lowest BCUT2D eigenvalue weighted by Crippen LogP contribution is -2.42.